The molecule has 1 atom stereocenters. The Kier molecular flexibility index (Phi) is 8.54. The first kappa shape index (κ1) is 27.7. The molecule has 0 aliphatic carbocycles. The van der Waals surface area contributed by atoms with E-state index < -0.39 is 12.0 Å². The molecule has 8 nitrogen and oxygen atoms in total. The van der Waals surface area contributed by atoms with Crippen LogP contribution in [-0.4, -0.2) is 49.0 Å². The van der Waals surface area contributed by atoms with E-state index in [-0.39, 0.29) is 17.7 Å². The molecule has 1 aliphatic heterocycles. The SMILES string of the molecule is CCOc1cc(OCC)cc(C(=O)Nc2ccc(-c3ccc4c(c3)C(=O)N([C@H](C(=O)OC)C(C)C)C4)cc2)c1. The number of esters is 1. The Balaban J connectivity index is 1.50. The Morgan fingerprint density at radius 1 is 0.897 bits per heavy atom. The summed E-state index contributed by atoms with van der Waals surface area (Å²) in [6.45, 7) is 8.89. The quantitative estimate of drug-likeness (QED) is 0.345. The van der Waals surface area contributed by atoms with Gasteiger partial charge in [0.15, 0.2) is 0 Å². The third kappa shape index (κ3) is 6.06. The fourth-order valence-electron chi connectivity index (χ4n) is 4.76. The predicted octanol–water partition coefficient (Wildman–Crippen LogP) is 5.56. The van der Waals surface area contributed by atoms with Crippen molar-refractivity contribution in [3.63, 3.8) is 0 Å². The summed E-state index contributed by atoms with van der Waals surface area (Å²) < 4.78 is 16.1. The Hall–Kier alpha value is -4.33. The molecule has 0 saturated heterocycles. The van der Waals surface area contributed by atoms with E-state index in [4.69, 9.17) is 14.2 Å². The standard InChI is InChI=1S/C31H34N2O6/c1-6-38-25-14-23(15-26(17-25)39-7-2)29(34)32-24-12-10-20(11-13-24)21-8-9-22-18-33(30(35)27(22)16-21)28(19(3)4)31(36)37-5/h8-17,19,28H,6-7,18H2,1-5H3,(H,32,34)/t28-/m0/s1. The van der Waals surface area contributed by atoms with Crippen LogP contribution in [0.3, 0.4) is 0 Å². The monoisotopic (exact) mass is 530 g/mol. The van der Waals surface area contributed by atoms with Gasteiger partial charge < -0.3 is 24.4 Å². The topological polar surface area (TPSA) is 94.2 Å². The number of nitrogens with one attached hydrogen (secondary N) is 1. The van der Waals surface area contributed by atoms with Crippen LogP contribution < -0.4 is 14.8 Å². The van der Waals surface area contributed by atoms with Crippen LogP contribution in [0.2, 0.25) is 0 Å². The average molecular weight is 531 g/mol. The third-order valence-electron chi connectivity index (χ3n) is 6.59. The summed E-state index contributed by atoms with van der Waals surface area (Å²) in [4.78, 5) is 40.1. The number of rotatable bonds is 10. The normalized spacial score (nSPS) is 13.2. The first-order valence-electron chi connectivity index (χ1n) is 13.1. The summed E-state index contributed by atoms with van der Waals surface area (Å²) >= 11 is 0. The summed E-state index contributed by atoms with van der Waals surface area (Å²) in [5, 5.41) is 2.91. The lowest BCUT2D eigenvalue weighted by Gasteiger charge is -2.28. The molecule has 0 bridgehead atoms. The van der Waals surface area contributed by atoms with Gasteiger partial charge in [-0.3, -0.25) is 9.59 Å². The highest BCUT2D eigenvalue weighted by Crippen LogP contribution is 2.32. The maximum Gasteiger partial charge on any atom is 0.328 e. The molecule has 2 amide bonds. The second-order valence-corrected chi connectivity index (χ2v) is 9.61. The van der Waals surface area contributed by atoms with Gasteiger partial charge in [-0.1, -0.05) is 38.1 Å². The van der Waals surface area contributed by atoms with Gasteiger partial charge in [0.05, 0.1) is 20.3 Å². The van der Waals surface area contributed by atoms with Crippen LogP contribution in [0.1, 0.15) is 54.0 Å². The van der Waals surface area contributed by atoms with Crippen LogP contribution in [0.4, 0.5) is 5.69 Å². The van der Waals surface area contributed by atoms with Gasteiger partial charge in [-0.05, 0) is 66.8 Å². The first-order chi connectivity index (χ1) is 18.7. The Labute approximate surface area is 228 Å². The Morgan fingerprint density at radius 2 is 1.51 bits per heavy atom. The number of fused-ring (bicyclic) bond motifs is 1. The second-order valence-electron chi connectivity index (χ2n) is 9.61. The van der Waals surface area contributed by atoms with Crippen molar-refractivity contribution in [1.29, 1.82) is 0 Å². The zero-order chi connectivity index (χ0) is 28.1. The second kappa shape index (κ2) is 12.0. The summed E-state index contributed by atoms with van der Waals surface area (Å²) in [6, 6.07) is 17.6. The minimum Gasteiger partial charge on any atom is -0.494 e. The van der Waals surface area contributed by atoms with Gasteiger partial charge in [-0.25, -0.2) is 4.79 Å². The number of anilines is 1. The fraction of sp³-hybridized carbons (Fsp3) is 0.323. The van der Waals surface area contributed by atoms with Crippen molar-refractivity contribution in [2.24, 2.45) is 5.92 Å². The molecule has 0 unspecified atom stereocenters. The van der Waals surface area contributed by atoms with E-state index in [1.807, 2.05) is 70.2 Å². The zero-order valence-corrected chi connectivity index (χ0v) is 22.9. The van der Waals surface area contributed by atoms with E-state index in [0.717, 1.165) is 16.7 Å². The smallest absolute Gasteiger partial charge is 0.328 e. The molecule has 0 spiro atoms. The van der Waals surface area contributed by atoms with Gasteiger partial charge in [0.25, 0.3) is 11.8 Å². The number of benzene rings is 3. The summed E-state index contributed by atoms with van der Waals surface area (Å²) in [7, 11) is 1.34. The highest BCUT2D eigenvalue weighted by Gasteiger charge is 2.38. The number of amides is 2. The maximum absolute atomic E-state index is 13.2. The lowest BCUT2D eigenvalue weighted by molar-refractivity contribution is -0.147. The van der Waals surface area contributed by atoms with Crippen molar-refractivity contribution in [3.8, 4) is 22.6 Å². The molecule has 1 heterocycles. The fourth-order valence-corrected chi connectivity index (χ4v) is 4.76. The van der Waals surface area contributed by atoms with Crippen molar-refractivity contribution in [2.75, 3.05) is 25.6 Å². The molecule has 3 aromatic rings. The van der Waals surface area contributed by atoms with Crippen molar-refractivity contribution in [1.82, 2.24) is 4.90 Å². The van der Waals surface area contributed by atoms with Gasteiger partial charge in [0, 0.05) is 29.4 Å². The lowest BCUT2D eigenvalue weighted by Crippen LogP contribution is -2.45. The zero-order valence-electron chi connectivity index (χ0n) is 22.9. The minimum absolute atomic E-state index is 0.0784. The third-order valence-corrected chi connectivity index (χ3v) is 6.59. The predicted molar refractivity (Wildman–Crippen MR) is 149 cm³/mol. The maximum atomic E-state index is 13.2. The molecule has 0 aromatic heterocycles. The average Bonchev–Trinajstić information content (AvgIpc) is 3.24. The molecule has 0 fully saturated rings. The molecule has 1 aliphatic rings. The Bertz CT molecular complexity index is 1340. The number of hydrogen-bond donors (Lipinski definition) is 1. The van der Waals surface area contributed by atoms with Crippen LogP contribution in [0.25, 0.3) is 11.1 Å². The number of ether oxygens (including phenoxy) is 3. The minimum atomic E-state index is -0.639. The van der Waals surface area contributed by atoms with Crippen LogP contribution in [0.5, 0.6) is 11.5 Å². The number of carbonyl (C=O) groups excluding carboxylic acids is 3. The van der Waals surface area contributed by atoms with Crippen molar-refractivity contribution in [3.05, 3.63) is 77.4 Å². The van der Waals surface area contributed by atoms with Gasteiger partial charge in [-0.2, -0.15) is 0 Å². The number of hydrogen-bond acceptors (Lipinski definition) is 6. The van der Waals surface area contributed by atoms with Crippen molar-refractivity contribution < 1.29 is 28.6 Å². The van der Waals surface area contributed by atoms with E-state index in [2.05, 4.69) is 5.32 Å². The van der Waals surface area contributed by atoms with Gasteiger partial charge in [0.1, 0.15) is 17.5 Å². The number of methoxy groups -OCH3 is 1. The molecule has 1 N–H and O–H groups in total. The highest BCUT2D eigenvalue weighted by atomic mass is 16.5. The molecular weight excluding hydrogens is 496 g/mol. The molecule has 204 valence electrons. The van der Waals surface area contributed by atoms with Crippen LogP contribution in [0, 0.1) is 5.92 Å². The molecular formula is C31H34N2O6. The van der Waals surface area contributed by atoms with Crippen molar-refractivity contribution >= 4 is 23.5 Å². The van der Waals surface area contributed by atoms with Gasteiger partial charge in [0.2, 0.25) is 0 Å². The molecule has 0 radical (unpaired) electrons. The number of carbonyl (C=O) groups is 3. The van der Waals surface area contributed by atoms with Crippen LogP contribution in [0.15, 0.2) is 60.7 Å². The summed E-state index contributed by atoms with van der Waals surface area (Å²) in [6.07, 6.45) is 0. The molecule has 0 saturated carbocycles. The van der Waals surface area contributed by atoms with Crippen LogP contribution >= 0.6 is 0 Å². The largest absolute Gasteiger partial charge is 0.494 e. The van der Waals surface area contributed by atoms with Crippen LogP contribution in [-0.2, 0) is 16.1 Å². The van der Waals surface area contributed by atoms with E-state index in [1.54, 1.807) is 23.1 Å². The van der Waals surface area contributed by atoms with Gasteiger partial charge in [-0.15, -0.1) is 0 Å². The first-order valence-corrected chi connectivity index (χ1v) is 13.1. The molecule has 4 rings (SSSR count). The molecule has 8 heteroatoms. The van der Waals surface area contributed by atoms with E-state index >= 15 is 0 Å². The van der Waals surface area contributed by atoms with Gasteiger partial charge >= 0.3 is 5.97 Å². The summed E-state index contributed by atoms with van der Waals surface area (Å²) in [5.74, 6) is 0.187. The van der Waals surface area contributed by atoms with E-state index in [0.29, 0.717) is 48.1 Å². The molecule has 3 aromatic carbocycles. The highest BCUT2D eigenvalue weighted by molar-refractivity contribution is 6.05. The van der Waals surface area contributed by atoms with E-state index in [1.165, 1.54) is 7.11 Å². The van der Waals surface area contributed by atoms with E-state index in [9.17, 15) is 14.4 Å². The van der Waals surface area contributed by atoms with Crippen molar-refractivity contribution in [2.45, 2.75) is 40.3 Å². The Morgan fingerprint density at radius 3 is 2.08 bits per heavy atom. The lowest BCUT2D eigenvalue weighted by atomic mass is 10.00. The number of nitrogens with zero attached hydrogens (tertiary/aromatic N) is 1. The summed E-state index contributed by atoms with van der Waals surface area (Å²) in [5.41, 5.74) is 4.28. The molecule has 39 heavy (non-hydrogen) atoms.